The van der Waals surface area contributed by atoms with E-state index >= 15 is 0 Å². The van der Waals surface area contributed by atoms with Gasteiger partial charge in [-0.2, -0.15) is 0 Å². The van der Waals surface area contributed by atoms with Gasteiger partial charge in [-0.3, -0.25) is 0 Å². The van der Waals surface area contributed by atoms with Crippen molar-refractivity contribution in [2.45, 2.75) is 26.2 Å². The highest BCUT2D eigenvalue weighted by Crippen LogP contribution is 2.28. The summed E-state index contributed by atoms with van der Waals surface area (Å²) >= 11 is 0. The molecule has 0 heteroatoms. The largest absolute Gasteiger partial charge is 0.0795 e. The van der Waals surface area contributed by atoms with Gasteiger partial charge >= 0.3 is 0 Å². The van der Waals surface area contributed by atoms with Gasteiger partial charge in [0, 0.05) is 0 Å². The normalized spacial score (nSPS) is 13.7. The maximum absolute atomic E-state index is 2.34. The van der Waals surface area contributed by atoms with Crippen molar-refractivity contribution in [3.63, 3.8) is 0 Å². The molecule has 0 atom stereocenters. The van der Waals surface area contributed by atoms with E-state index in [1.807, 2.05) is 0 Å². The Morgan fingerprint density at radius 3 is 2.69 bits per heavy atom. The molecule has 2 aromatic carbocycles. The summed E-state index contributed by atoms with van der Waals surface area (Å²) in [4.78, 5) is 0. The van der Waals surface area contributed by atoms with E-state index in [0.717, 1.165) is 6.42 Å². The molecule has 0 aliphatic heterocycles. The topological polar surface area (TPSA) is 0 Å². The summed E-state index contributed by atoms with van der Waals surface area (Å²) in [6.07, 6.45) is 5.56. The predicted molar refractivity (Wildman–Crippen MR) is 70.8 cm³/mol. The van der Waals surface area contributed by atoms with E-state index in [4.69, 9.17) is 0 Å². The van der Waals surface area contributed by atoms with Gasteiger partial charge in [-0.05, 0) is 45.9 Å². The number of benzene rings is 2. The van der Waals surface area contributed by atoms with Crippen molar-refractivity contribution in [1.29, 1.82) is 0 Å². The van der Waals surface area contributed by atoms with E-state index in [1.54, 1.807) is 0 Å². The molecule has 0 amide bonds. The molecule has 3 rings (SSSR count). The Labute approximate surface area is 96.6 Å². The van der Waals surface area contributed by atoms with Crippen LogP contribution in [-0.4, -0.2) is 0 Å². The maximum Gasteiger partial charge on any atom is -0.00880 e. The second kappa shape index (κ2) is 3.48. The van der Waals surface area contributed by atoms with Gasteiger partial charge in [0.25, 0.3) is 0 Å². The molecule has 0 N–H and O–H groups in total. The van der Waals surface area contributed by atoms with Crippen LogP contribution in [0.25, 0.3) is 16.8 Å². The van der Waals surface area contributed by atoms with Crippen molar-refractivity contribution in [1.82, 2.24) is 0 Å². The molecule has 80 valence electrons. The summed E-state index contributed by atoms with van der Waals surface area (Å²) in [5.74, 6) is 0.607. The molecule has 0 bridgehead atoms. The first-order valence-corrected chi connectivity index (χ1v) is 5.97. The molecule has 0 saturated heterocycles. The number of fused-ring (bicyclic) bond motifs is 2. The molecular weight excluding hydrogens is 192 g/mol. The van der Waals surface area contributed by atoms with Crippen molar-refractivity contribution in [2.75, 3.05) is 0 Å². The molecule has 0 unspecified atom stereocenters. The van der Waals surface area contributed by atoms with Crippen molar-refractivity contribution in [3.8, 4) is 0 Å². The molecule has 2 aromatic rings. The minimum absolute atomic E-state index is 0.607. The maximum atomic E-state index is 2.34. The first-order chi connectivity index (χ1) is 7.74. The second-order valence-electron chi connectivity index (χ2n) is 4.92. The number of rotatable bonds is 1. The van der Waals surface area contributed by atoms with Crippen LogP contribution in [0.3, 0.4) is 0 Å². The Balaban J connectivity index is 2.22. The summed E-state index contributed by atoms with van der Waals surface area (Å²) in [6.45, 7) is 4.49. The summed E-state index contributed by atoms with van der Waals surface area (Å²) < 4.78 is 0. The lowest BCUT2D eigenvalue weighted by molar-refractivity contribution is 0.869. The van der Waals surface area contributed by atoms with Crippen molar-refractivity contribution < 1.29 is 0 Å². The molecule has 0 aromatic heterocycles. The summed E-state index contributed by atoms with van der Waals surface area (Å²) in [5.41, 5.74) is 4.29. The van der Waals surface area contributed by atoms with Crippen molar-refractivity contribution >= 4 is 16.8 Å². The molecule has 0 saturated carbocycles. The summed E-state index contributed by atoms with van der Waals surface area (Å²) in [5, 5.41) is 2.74. The highest BCUT2D eigenvalue weighted by atomic mass is 14.1. The zero-order valence-electron chi connectivity index (χ0n) is 9.83. The Bertz CT molecular complexity index is 574. The van der Waals surface area contributed by atoms with Crippen LogP contribution < -0.4 is 0 Å². The van der Waals surface area contributed by atoms with Gasteiger partial charge in [-0.15, -0.1) is 0 Å². The molecule has 1 aliphatic rings. The fourth-order valence-corrected chi connectivity index (χ4v) is 2.38. The lowest BCUT2D eigenvalue weighted by atomic mass is 9.96. The quantitative estimate of drug-likeness (QED) is 0.645. The Hall–Kier alpha value is -1.56. The molecule has 0 spiro atoms. The molecule has 0 nitrogen and oxygen atoms in total. The van der Waals surface area contributed by atoms with E-state index in [2.05, 4.69) is 56.3 Å². The van der Waals surface area contributed by atoms with Crippen LogP contribution in [0.2, 0.25) is 0 Å². The number of hydrogen-bond donors (Lipinski definition) is 0. The summed E-state index contributed by atoms with van der Waals surface area (Å²) in [7, 11) is 0. The molecule has 16 heavy (non-hydrogen) atoms. The van der Waals surface area contributed by atoms with Gasteiger partial charge < -0.3 is 0 Å². The Morgan fingerprint density at radius 1 is 1.00 bits per heavy atom. The molecular formula is C16H16. The van der Waals surface area contributed by atoms with Gasteiger partial charge in [-0.25, -0.2) is 0 Å². The minimum Gasteiger partial charge on any atom is -0.0795 e. The van der Waals surface area contributed by atoms with Crippen LogP contribution in [-0.2, 0) is 6.42 Å². The zero-order valence-corrected chi connectivity index (χ0v) is 9.83. The van der Waals surface area contributed by atoms with E-state index in [0.29, 0.717) is 5.92 Å². The third-order valence-electron chi connectivity index (χ3n) is 3.42. The predicted octanol–water partition coefficient (Wildman–Crippen LogP) is 4.53. The molecule has 0 radical (unpaired) electrons. The van der Waals surface area contributed by atoms with Crippen LogP contribution in [0.15, 0.2) is 36.4 Å². The molecule has 0 fully saturated rings. The second-order valence-corrected chi connectivity index (χ2v) is 4.92. The smallest absolute Gasteiger partial charge is 0.00880 e. The van der Waals surface area contributed by atoms with Gasteiger partial charge in [0.1, 0.15) is 0 Å². The van der Waals surface area contributed by atoms with Gasteiger partial charge in [-0.1, -0.05) is 50.3 Å². The monoisotopic (exact) mass is 208 g/mol. The van der Waals surface area contributed by atoms with E-state index in [9.17, 15) is 0 Å². The summed E-state index contributed by atoms with van der Waals surface area (Å²) in [6, 6.07) is 11.5. The van der Waals surface area contributed by atoms with Gasteiger partial charge in [0.05, 0.1) is 0 Å². The van der Waals surface area contributed by atoms with Crippen molar-refractivity contribution in [2.24, 2.45) is 0 Å². The first kappa shape index (κ1) is 9.65. The fraction of sp³-hybridized carbons (Fsp3) is 0.250. The highest BCUT2D eigenvalue weighted by Gasteiger charge is 2.07. The Kier molecular flexibility index (Phi) is 2.10. The van der Waals surface area contributed by atoms with Crippen LogP contribution in [0.4, 0.5) is 0 Å². The standard InChI is InChI=1S/C16H16/c1-11(2)12-6-7-15-9-13-4-3-5-14(13)10-16(15)8-12/h3-4,6-11H,5H2,1-2H3. The fourth-order valence-electron chi connectivity index (χ4n) is 2.38. The van der Waals surface area contributed by atoms with Crippen LogP contribution in [0.1, 0.15) is 36.5 Å². The van der Waals surface area contributed by atoms with Crippen LogP contribution >= 0.6 is 0 Å². The van der Waals surface area contributed by atoms with E-state index in [-0.39, 0.29) is 0 Å². The number of hydrogen-bond acceptors (Lipinski definition) is 0. The zero-order chi connectivity index (χ0) is 11.1. The highest BCUT2D eigenvalue weighted by molar-refractivity contribution is 5.87. The third-order valence-corrected chi connectivity index (χ3v) is 3.42. The SMILES string of the molecule is CC(C)c1ccc2cc3c(cc2c1)CC=C3. The Morgan fingerprint density at radius 2 is 1.88 bits per heavy atom. The number of allylic oxidation sites excluding steroid dienone is 1. The van der Waals surface area contributed by atoms with Gasteiger partial charge in [0.2, 0.25) is 0 Å². The molecule has 0 heterocycles. The lowest BCUT2D eigenvalue weighted by Gasteiger charge is -2.08. The third kappa shape index (κ3) is 1.46. The minimum atomic E-state index is 0.607. The average Bonchev–Trinajstić information content (AvgIpc) is 2.71. The van der Waals surface area contributed by atoms with Crippen LogP contribution in [0, 0.1) is 0 Å². The first-order valence-electron chi connectivity index (χ1n) is 5.97. The average molecular weight is 208 g/mol. The van der Waals surface area contributed by atoms with E-state index in [1.165, 1.54) is 27.5 Å². The lowest BCUT2D eigenvalue weighted by Crippen LogP contribution is -1.88. The van der Waals surface area contributed by atoms with Crippen molar-refractivity contribution in [3.05, 3.63) is 53.1 Å². The van der Waals surface area contributed by atoms with Crippen LogP contribution in [0.5, 0.6) is 0 Å². The molecule has 1 aliphatic carbocycles. The van der Waals surface area contributed by atoms with E-state index < -0.39 is 0 Å². The van der Waals surface area contributed by atoms with Gasteiger partial charge in [0.15, 0.2) is 0 Å².